The molecule has 0 radical (unpaired) electrons. The molecule has 1 saturated heterocycles. The molecular formula is C25H27F2N3O2. The van der Waals surface area contributed by atoms with Crippen molar-refractivity contribution in [3.8, 4) is 0 Å². The third-order valence-corrected chi connectivity index (χ3v) is 5.73. The number of carbonyl (C=O) groups is 1. The number of likely N-dealkylation sites (N-methyl/N-ethyl adjacent to an activating group) is 1. The molecule has 1 fully saturated rings. The van der Waals surface area contributed by atoms with Crippen LogP contribution >= 0.6 is 0 Å². The minimum Gasteiger partial charge on any atom is -0.445 e. The summed E-state index contributed by atoms with van der Waals surface area (Å²) in [5.74, 6) is 0.898. The zero-order chi connectivity index (χ0) is 22.5. The number of halogens is 2. The highest BCUT2D eigenvalue weighted by atomic mass is 19.1. The number of nitrogens with zero attached hydrogens (tertiary/aromatic N) is 3. The Hall–Kier alpha value is -3.06. The Morgan fingerprint density at radius 3 is 2.75 bits per heavy atom. The molecule has 1 aromatic heterocycles. The number of benzene rings is 2. The summed E-state index contributed by atoms with van der Waals surface area (Å²) in [5, 5.41) is 0. The summed E-state index contributed by atoms with van der Waals surface area (Å²) in [6, 6.07) is 12.8. The van der Waals surface area contributed by atoms with Gasteiger partial charge in [-0.25, -0.2) is 13.8 Å². The average Bonchev–Trinajstić information content (AvgIpc) is 3.24. The Labute approximate surface area is 186 Å². The highest BCUT2D eigenvalue weighted by Crippen LogP contribution is 2.27. The van der Waals surface area contributed by atoms with Gasteiger partial charge in [-0.1, -0.05) is 24.3 Å². The maximum atomic E-state index is 13.4. The summed E-state index contributed by atoms with van der Waals surface area (Å²) in [6.07, 6.45) is 3.97. The first-order valence-electron chi connectivity index (χ1n) is 10.9. The van der Waals surface area contributed by atoms with Crippen LogP contribution in [0.1, 0.15) is 41.5 Å². The topological polar surface area (TPSA) is 49.6 Å². The van der Waals surface area contributed by atoms with Gasteiger partial charge in [-0.2, -0.15) is 0 Å². The summed E-state index contributed by atoms with van der Waals surface area (Å²) in [4.78, 5) is 21.1. The number of carbonyl (C=O) groups excluding carboxylic acids is 1. The molecule has 2 heterocycles. The summed E-state index contributed by atoms with van der Waals surface area (Å²) in [6.45, 7) is 2.16. The van der Waals surface area contributed by atoms with Crippen LogP contribution in [0.2, 0.25) is 0 Å². The fraction of sp³-hybridized carbons (Fsp3) is 0.360. The summed E-state index contributed by atoms with van der Waals surface area (Å²) < 4.78 is 32.4. The van der Waals surface area contributed by atoms with Crippen molar-refractivity contribution in [1.29, 1.82) is 0 Å². The van der Waals surface area contributed by atoms with Crippen LogP contribution in [0.25, 0.3) is 0 Å². The van der Waals surface area contributed by atoms with Crippen LogP contribution in [0, 0.1) is 11.6 Å². The zero-order valence-corrected chi connectivity index (χ0v) is 18.1. The number of piperidine rings is 1. The molecule has 0 bridgehead atoms. The molecule has 1 amide bonds. The second-order valence-corrected chi connectivity index (χ2v) is 8.45. The standard InChI is InChI=1S/C25H27F2N3O2/c1-29(15-18-7-9-21(26)10-8-18)17-24(31)30-11-3-5-20(16-30)25-28-14-23(32-25)13-19-4-2-6-22(27)12-19/h2,4,6-10,12,14,20H,3,5,11,13,15-17H2,1H3. The van der Waals surface area contributed by atoms with Crippen molar-refractivity contribution >= 4 is 5.91 Å². The normalized spacial score (nSPS) is 16.5. The Morgan fingerprint density at radius 2 is 1.97 bits per heavy atom. The first-order valence-corrected chi connectivity index (χ1v) is 10.9. The second-order valence-electron chi connectivity index (χ2n) is 8.45. The average molecular weight is 440 g/mol. The van der Waals surface area contributed by atoms with E-state index in [1.54, 1.807) is 24.4 Å². The molecule has 7 heteroatoms. The number of aromatic nitrogens is 1. The van der Waals surface area contributed by atoms with E-state index in [1.165, 1.54) is 24.3 Å². The van der Waals surface area contributed by atoms with Gasteiger partial charge in [0.15, 0.2) is 5.89 Å². The predicted molar refractivity (Wildman–Crippen MR) is 117 cm³/mol. The van der Waals surface area contributed by atoms with Crippen molar-refractivity contribution in [2.24, 2.45) is 0 Å². The Balaban J connectivity index is 1.32. The lowest BCUT2D eigenvalue weighted by molar-refractivity contribution is -0.133. The maximum absolute atomic E-state index is 13.4. The van der Waals surface area contributed by atoms with Crippen LogP contribution in [0.4, 0.5) is 8.78 Å². The van der Waals surface area contributed by atoms with Gasteiger partial charge in [-0.15, -0.1) is 0 Å². The molecule has 2 aromatic carbocycles. The van der Waals surface area contributed by atoms with Crippen LogP contribution in [-0.2, 0) is 17.8 Å². The van der Waals surface area contributed by atoms with Crippen LogP contribution in [-0.4, -0.2) is 47.4 Å². The third kappa shape index (κ3) is 5.79. The van der Waals surface area contributed by atoms with Gasteiger partial charge in [0, 0.05) is 26.1 Å². The lowest BCUT2D eigenvalue weighted by Crippen LogP contribution is -2.43. The minimum absolute atomic E-state index is 0.0522. The highest BCUT2D eigenvalue weighted by molar-refractivity contribution is 5.78. The van der Waals surface area contributed by atoms with E-state index in [0.29, 0.717) is 37.7 Å². The molecule has 1 aliphatic rings. The van der Waals surface area contributed by atoms with Crippen molar-refractivity contribution in [3.05, 3.63) is 89.1 Å². The summed E-state index contributed by atoms with van der Waals surface area (Å²) in [7, 11) is 1.88. The van der Waals surface area contributed by atoms with E-state index in [2.05, 4.69) is 4.98 Å². The van der Waals surface area contributed by atoms with Crippen LogP contribution in [0.15, 0.2) is 59.1 Å². The first kappa shape index (κ1) is 22.1. The molecule has 0 aliphatic carbocycles. The van der Waals surface area contributed by atoms with E-state index in [-0.39, 0.29) is 23.5 Å². The van der Waals surface area contributed by atoms with Gasteiger partial charge in [0.05, 0.1) is 18.7 Å². The SMILES string of the molecule is CN(CC(=O)N1CCCC(c2ncc(Cc3cccc(F)c3)o2)C1)Cc1ccc(F)cc1. The summed E-state index contributed by atoms with van der Waals surface area (Å²) >= 11 is 0. The van der Waals surface area contributed by atoms with Gasteiger partial charge in [0.25, 0.3) is 0 Å². The lowest BCUT2D eigenvalue weighted by Gasteiger charge is -2.32. The van der Waals surface area contributed by atoms with Gasteiger partial charge >= 0.3 is 0 Å². The van der Waals surface area contributed by atoms with E-state index >= 15 is 0 Å². The molecular weight excluding hydrogens is 412 g/mol. The maximum Gasteiger partial charge on any atom is 0.236 e. The Kier molecular flexibility index (Phi) is 6.95. The zero-order valence-electron chi connectivity index (χ0n) is 18.1. The van der Waals surface area contributed by atoms with Gasteiger partial charge in [0.2, 0.25) is 5.91 Å². The number of amides is 1. The van der Waals surface area contributed by atoms with Gasteiger partial charge in [-0.3, -0.25) is 9.69 Å². The molecule has 0 N–H and O–H groups in total. The number of rotatable bonds is 7. The van der Waals surface area contributed by atoms with E-state index in [0.717, 1.165) is 30.5 Å². The predicted octanol–water partition coefficient (Wildman–Crippen LogP) is 4.38. The van der Waals surface area contributed by atoms with Crippen molar-refractivity contribution in [2.45, 2.75) is 31.7 Å². The Bertz CT molecular complexity index is 1050. The van der Waals surface area contributed by atoms with E-state index < -0.39 is 0 Å². The van der Waals surface area contributed by atoms with E-state index in [4.69, 9.17) is 4.42 Å². The molecule has 3 aromatic rings. The molecule has 1 unspecified atom stereocenters. The molecule has 1 atom stereocenters. The summed E-state index contributed by atoms with van der Waals surface area (Å²) in [5.41, 5.74) is 1.79. The smallest absolute Gasteiger partial charge is 0.236 e. The van der Waals surface area contributed by atoms with Gasteiger partial charge < -0.3 is 9.32 Å². The second kappa shape index (κ2) is 10.0. The van der Waals surface area contributed by atoms with E-state index in [1.807, 2.05) is 22.9 Å². The van der Waals surface area contributed by atoms with Crippen LogP contribution in [0.3, 0.4) is 0 Å². The minimum atomic E-state index is -0.270. The van der Waals surface area contributed by atoms with Crippen molar-refractivity contribution < 1.29 is 18.0 Å². The van der Waals surface area contributed by atoms with E-state index in [9.17, 15) is 13.6 Å². The molecule has 1 aliphatic heterocycles. The molecule has 4 rings (SSSR count). The lowest BCUT2D eigenvalue weighted by atomic mass is 9.98. The quantitative estimate of drug-likeness (QED) is 0.548. The number of hydrogen-bond donors (Lipinski definition) is 0. The van der Waals surface area contributed by atoms with Crippen LogP contribution < -0.4 is 0 Å². The van der Waals surface area contributed by atoms with Gasteiger partial charge in [0.1, 0.15) is 17.4 Å². The van der Waals surface area contributed by atoms with Crippen LogP contribution in [0.5, 0.6) is 0 Å². The van der Waals surface area contributed by atoms with Crippen molar-refractivity contribution in [1.82, 2.24) is 14.8 Å². The number of likely N-dealkylation sites (tertiary alicyclic amines) is 1. The molecule has 0 saturated carbocycles. The fourth-order valence-electron chi connectivity index (χ4n) is 4.13. The molecule has 32 heavy (non-hydrogen) atoms. The monoisotopic (exact) mass is 439 g/mol. The third-order valence-electron chi connectivity index (χ3n) is 5.73. The largest absolute Gasteiger partial charge is 0.445 e. The van der Waals surface area contributed by atoms with Crippen molar-refractivity contribution in [2.75, 3.05) is 26.7 Å². The molecule has 168 valence electrons. The first-order chi connectivity index (χ1) is 15.5. The fourth-order valence-corrected chi connectivity index (χ4v) is 4.13. The van der Waals surface area contributed by atoms with Gasteiger partial charge in [-0.05, 0) is 55.3 Å². The molecule has 5 nitrogen and oxygen atoms in total. The Morgan fingerprint density at radius 1 is 1.16 bits per heavy atom. The number of hydrogen-bond acceptors (Lipinski definition) is 4. The molecule has 0 spiro atoms. The number of oxazole rings is 1. The van der Waals surface area contributed by atoms with Crippen molar-refractivity contribution in [3.63, 3.8) is 0 Å². The highest BCUT2D eigenvalue weighted by Gasteiger charge is 2.28.